The van der Waals surface area contributed by atoms with Gasteiger partial charge in [-0.25, -0.2) is 0 Å². The Hall–Kier alpha value is -3.07. The number of rotatable bonds is 24. The van der Waals surface area contributed by atoms with E-state index in [0.717, 1.165) is 42.7 Å². The van der Waals surface area contributed by atoms with Gasteiger partial charge in [0.1, 0.15) is 11.9 Å². The van der Waals surface area contributed by atoms with E-state index in [4.69, 9.17) is 9.47 Å². The average molecular weight is 613 g/mol. The number of hydrogen-bond donors (Lipinski definition) is 0. The van der Waals surface area contributed by atoms with Crippen LogP contribution in [0.25, 0.3) is 22.3 Å². The van der Waals surface area contributed by atoms with Crippen LogP contribution in [0.5, 0.6) is 5.75 Å². The van der Waals surface area contributed by atoms with E-state index < -0.39 is 0 Å². The second kappa shape index (κ2) is 22.4. The Morgan fingerprint density at radius 1 is 0.556 bits per heavy atom. The summed E-state index contributed by atoms with van der Waals surface area (Å²) in [5.41, 5.74) is 5.73. The van der Waals surface area contributed by atoms with E-state index >= 15 is 0 Å². The van der Waals surface area contributed by atoms with E-state index in [9.17, 15) is 4.79 Å². The van der Waals surface area contributed by atoms with E-state index in [0.29, 0.717) is 6.42 Å². The molecule has 3 aromatic rings. The molecule has 3 nitrogen and oxygen atoms in total. The van der Waals surface area contributed by atoms with E-state index in [1.807, 2.05) is 6.92 Å². The lowest BCUT2D eigenvalue weighted by atomic mass is 9.93. The van der Waals surface area contributed by atoms with Crippen molar-refractivity contribution >= 4 is 5.97 Å². The van der Waals surface area contributed by atoms with Crippen LogP contribution in [-0.2, 0) is 9.53 Å². The van der Waals surface area contributed by atoms with Crippen molar-refractivity contribution in [2.45, 2.75) is 142 Å². The molecule has 0 heterocycles. The van der Waals surface area contributed by atoms with Gasteiger partial charge in [0, 0.05) is 6.42 Å². The summed E-state index contributed by atoms with van der Waals surface area (Å²) < 4.78 is 11.8. The minimum atomic E-state index is -0.251. The number of esters is 1. The standard InChI is InChI=1S/C42H60O3/c1-4-6-8-10-12-14-15-17-19-25-42(43)45-35(3)36-26-28-37(29-27-36)40-23-20-21-24-41(40)38-30-32-39(33-31-38)44-34-22-18-16-13-11-9-7-5-2/h20-21,23-24,26-33,35H,4-19,22,25,34H2,1-3H3. The van der Waals surface area contributed by atoms with E-state index in [2.05, 4.69) is 86.6 Å². The molecule has 45 heavy (non-hydrogen) atoms. The molecule has 3 rings (SSSR count). The fourth-order valence-corrected chi connectivity index (χ4v) is 5.98. The van der Waals surface area contributed by atoms with Crippen LogP contribution >= 0.6 is 0 Å². The van der Waals surface area contributed by atoms with Crippen molar-refractivity contribution in [2.24, 2.45) is 0 Å². The van der Waals surface area contributed by atoms with Gasteiger partial charge in [0.15, 0.2) is 0 Å². The van der Waals surface area contributed by atoms with Crippen molar-refractivity contribution in [2.75, 3.05) is 6.61 Å². The van der Waals surface area contributed by atoms with Crippen molar-refractivity contribution in [1.29, 1.82) is 0 Å². The van der Waals surface area contributed by atoms with Crippen LogP contribution in [0, 0.1) is 0 Å². The Morgan fingerprint density at radius 3 is 1.51 bits per heavy atom. The Balaban J connectivity index is 1.43. The Bertz CT molecular complexity index is 1180. The van der Waals surface area contributed by atoms with Gasteiger partial charge in [0.25, 0.3) is 0 Å². The lowest BCUT2D eigenvalue weighted by Gasteiger charge is -2.15. The Labute approximate surface area is 275 Å². The van der Waals surface area contributed by atoms with Gasteiger partial charge in [0.2, 0.25) is 0 Å². The summed E-state index contributed by atoms with van der Waals surface area (Å²) in [4.78, 5) is 12.5. The van der Waals surface area contributed by atoms with Crippen LogP contribution in [0.1, 0.15) is 148 Å². The highest BCUT2D eigenvalue weighted by Crippen LogP contribution is 2.34. The third-order valence-corrected chi connectivity index (χ3v) is 8.84. The number of carbonyl (C=O) groups is 1. The topological polar surface area (TPSA) is 35.5 Å². The first-order valence-electron chi connectivity index (χ1n) is 18.2. The SMILES string of the molecule is CCCCCCCCCCCC(=O)OC(C)c1ccc(-c2ccccc2-c2ccc(OCCCCCCCCCC)cc2)cc1. The molecule has 0 spiro atoms. The molecule has 0 bridgehead atoms. The number of carbonyl (C=O) groups excluding carboxylic acids is 1. The first-order chi connectivity index (χ1) is 22.1. The molecule has 3 aromatic carbocycles. The molecular weight excluding hydrogens is 552 g/mol. The molecule has 0 radical (unpaired) electrons. The molecule has 0 amide bonds. The van der Waals surface area contributed by atoms with Crippen LogP contribution in [0.3, 0.4) is 0 Å². The zero-order chi connectivity index (χ0) is 32.0. The van der Waals surface area contributed by atoms with E-state index in [1.54, 1.807) is 0 Å². The minimum Gasteiger partial charge on any atom is -0.494 e. The summed E-state index contributed by atoms with van der Waals surface area (Å²) in [5.74, 6) is 0.843. The summed E-state index contributed by atoms with van der Waals surface area (Å²) in [6, 6.07) is 25.5. The maximum Gasteiger partial charge on any atom is 0.306 e. The Morgan fingerprint density at radius 2 is 1.00 bits per heavy atom. The van der Waals surface area contributed by atoms with Crippen molar-refractivity contribution in [1.82, 2.24) is 0 Å². The van der Waals surface area contributed by atoms with E-state index in [1.165, 1.54) is 107 Å². The summed E-state index contributed by atoms with van der Waals surface area (Å²) in [6.07, 6.45) is 21.9. The second-order valence-corrected chi connectivity index (χ2v) is 12.7. The molecule has 0 N–H and O–H groups in total. The van der Waals surface area contributed by atoms with Gasteiger partial charge < -0.3 is 9.47 Å². The van der Waals surface area contributed by atoms with Gasteiger partial charge in [-0.15, -0.1) is 0 Å². The van der Waals surface area contributed by atoms with Gasteiger partial charge in [-0.05, 0) is 59.7 Å². The molecule has 1 atom stereocenters. The summed E-state index contributed by atoms with van der Waals surface area (Å²) >= 11 is 0. The monoisotopic (exact) mass is 612 g/mol. The summed E-state index contributed by atoms with van der Waals surface area (Å²) in [5, 5.41) is 0. The third-order valence-electron chi connectivity index (χ3n) is 8.84. The lowest BCUT2D eigenvalue weighted by molar-refractivity contribution is -0.148. The highest BCUT2D eigenvalue weighted by molar-refractivity contribution is 5.83. The van der Waals surface area contributed by atoms with Crippen LogP contribution < -0.4 is 4.74 Å². The predicted molar refractivity (Wildman–Crippen MR) is 192 cm³/mol. The van der Waals surface area contributed by atoms with Crippen LogP contribution in [-0.4, -0.2) is 12.6 Å². The number of ether oxygens (including phenoxy) is 2. The normalized spacial score (nSPS) is 11.8. The van der Waals surface area contributed by atoms with Crippen LogP contribution in [0.4, 0.5) is 0 Å². The average Bonchev–Trinajstić information content (AvgIpc) is 3.07. The number of unbranched alkanes of at least 4 members (excludes halogenated alkanes) is 15. The van der Waals surface area contributed by atoms with Crippen molar-refractivity contribution in [3.63, 3.8) is 0 Å². The van der Waals surface area contributed by atoms with Crippen LogP contribution in [0.2, 0.25) is 0 Å². The lowest BCUT2D eigenvalue weighted by Crippen LogP contribution is -2.08. The molecular formula is C42H60O3. The second-order valence-electron chi connectivity index (χ2n) is 12.7. The third kappa shape index (κ3) is 14.3. The quantitative estimate of drug-likeness (QED) is 0.0745. The molecule has 1 unspecified atom stereocenters. The molecule has 0 aliphatic carbocycles. The maximum atomic E-state index is 12.5. The first-order valence-corrected chi connectivity index (χ1v) is 18.2. The molecule has 3 heteroatoms. The largest absolute Gasteiger partial charge is 0.494 e. The number of benzene rings is 3. The molecule has 0 saturated heterocycles. The van der Waals surface area contributed by atoms with Crippen molar-refractivity contribution in [3.05, 3.63) is 78.4 Å². The fraction of sp³-hybridized carbons (Fsp3) is 0.548. The first kappa shape index (κ1) is 36.4. The van der Waals surface area contributed by atoms with Crippen molar-refractivity contribution < 1.29 is 14.3 Å². The minimum absolute atomic E-state index is 0.0925. The van der Waals surface area contributed by atoms with Gasteiger partial charge in [-0.1, -0.05) is 171 Å². The molecule has 0 fully saturated rings. The molecule has 0 aliphatic heterocycles. The zero-order valence-electron chi connectivity index (χ0n) is 28.7. The summed E-state index contributed by atoms with van der Waals surface area (Å²) in [6.45, 7) is 7.27. The molecule has 0 saturated carbocycles. The van der Waals surface area contributed by atoms with Gasteiger partial charge >= 0.3 is 5.97 Å². The molecule has 0 aliphatic rings. The van der Waals surface area contributed by atoms with Crippen molar-refractivity contribution in [3.8, 4) is 28.0 Å². The highest BCUT2D eigenvalue weighted by atomic mass is 16.5. The predicted octanol–water partition coefficient (Wildman–Crippen LogP) is 13.1. The van der Waals surface area contributed by atoms with E-state index in [-0.39, 0.29) is 12.1 Å². The number of hydrogen-bond acceptors (Lipinski definition) is 3. The van der Waals surface area contributed by atoms with Gasteiger partial charge in [-0.2, -0.15) is 0 Å². The Kier molecular flexibility index (Phi) is 18.1. The van der Waals surface area contributed by atoms with Gasteiger partial charge in [0.05, 0.1) is 6.61 Å². The zero-order valence-corrected chi connectivity index (χ0v) is 28.7. The maximum absolute atomic E-state index is 12.5. The molecule has 246 valence electrons. The van der Waals surface area contributed by atoms with Gasteiger partial charge in [-0.3, -0.25) is 4.79 Å². The highest BCUT2D eigenvalue weighted by Gasteiger charge is 2.13. The fourth-order valence-electron chi connectivity index (χ4n) is 5.98. The smallest absolute Gasteiger partial charge is 0.306 e. The van der Waals surface area contributed by atoms with Crippen LogP contribution in [0.15, 0.2) is 72.8 Å². The molecule has 0 aromatic heterocycles. The summed E-state index contributed by atoms with van der Waals surface area (Å²) in [7, 11) is 0.